The first-order chi connectivity index (χ1) is 14.0. The molecule has 2 fully saturated rings. The Morgan fingerprint density at radius 3 is 2.48 bits per heavy atom. The largest absolute Gasteiger partial charge is 0.454 e. The molecule has 4 atom stereocenters. The average Bonchev–Trinajstić information content (AvgIpc) is 3.46. The van der Waals surface area contributed by atoms with Crippen molar-refractivity contribution in [1.29, 1.82) is 0 Å². The summed E-state index contributed by atoms with van der Waals surface area (Å²) in [6, 6.07) is 3.16. The number of likely N-dealkylation sites (tertiary alicyclic amines) is 1. The second-order valence-corrected chi connectivity index (χ2v) is 7.58. The van der Waals surface area contributed by atoms with Crippen molar-refractivity contribution in [2.24, 2.45) is 34.4 Å². The van der Waals surface area contributed by atoms with Crippen molar-refractivity contribution in [2.45, 2.75) is 19.9 Å². The van der Waals surface area contributed by atoms with Gasteiger partial charge in [-0.05, 0) is 37.3 Å². The van der Waals surface area contributed by atoms with E-state index in [0.717, 1.165) is 6.42 Å². The second kappa shape index (κ2) is 7.73. The van der Waals surface area contributed by atoms with Crippen LogP contribution in [0.1, 0.15) is 29.7 Å². The number of imide groups is 1. The van der Waals surface area contributed by atoms with Crippen molar-refractivity contribution in [3.63, 3.8) is 0 Å². The molecule has 9 heteroatoms. The summed E-state index contributed by atoms with van der Waals surface area (Å²) in [6.45, 7) is 3.52. The van der Waals surface area contributed by atoms with Gasteiger partial charge in [0.1, 0.15) is 12.3 Å². The van der Waals surface area contributed by atoms with E-state index in [0.29, 0.717) is 31.4 Å². The van der Waals surface area contributed by atoms with E-state index in [9.17, 15) is 14.4 Å². The van der Waals surface area contributed by atoms with Gasteiger partial charge in [-0.15, -0.1) is 0 Å². The van der Waals surface area contributed by atoms with Crippen LogP contribution in [0.3, 0.4) is 0 Å². The summed E-state index contributed by atoms with van der Waals surface area (Å²) < 4.78 is 5.32. The maximum Gasteiger partial charge on any atom is 0.284 e. The molecule has 154 valence electrons. The molecular weight excluding hydrogens is 374 g/mol. The summed E-state index contributed by atoms with van der Waals surface area (Å²) in [5.41, 5.74) is 5.18. The molecule has 1 saturated carbocycles. The zero-order valence-electron chi connectivity index (χ0n) is 16.3. The van der Waals surface area contributed by atoms with Gasteiger partial charge in [0.25, 0.3) is 5.91 Å². The summed E-state index contributed by atoms with van der Waals surface area (Å²) in [5, 5.41) is 6.24. The standard InChI is InChI=1S/C20H25N5O4/c1-2-22-20(24-10-13-5-6-14(29-13)17(21)26)23-7-8-25-18(27)15-11-3-4-12(9-11)16(15)19(25)28/h3-6,11-12,15-16H,2,7-10H2,1H3,(H2,21,26)(H2,22,23,24). The molecule has 1 saturated heterocycles. The predicted molar refractivity (Wildman–Crippen MR) is 104 cm³/mol. The molecular formula is C20H25N5O4. The molecule has 4 unspecified atom stereocenters. The molecule has 29 heavy (non-hydrogen) atoms. The van der Waals surface area contributed by atoms with Crippen molar-refractivity contribution in [2.75, 3.05) is 19.6 Å². The van der Waals surface area contributed by atoms with E-state index < -0.39 is 5.91 Å². The first-order valence-corrected chi connectivity index (χ1v) is 9.93. The number of fused-ring (bicyclic) bond motifs is 5. The van der Waals surface area contributed by atoms with Crippen molar-refractivity contribution in [1.82, 2.24) is 15.5 Å². The molecule has 0 spiro atoms. The van der Waals surface area contributed by atoms with E-state index in [4.69, 9.17) is 10.2 Å². The van der Waals surface area contributed by atoms with Gasteiger partial charge in [-0.2, -0.15) is 0 Å². The van der Waals surface area contributed by atoms with E-state index in [2.05, 4.69) is 27.8 Å². The smallest absolute Gasteiger partial charge is 0.284 e. The number of furan rings is 1. The van der Waals surface area contributed by atoms with Gasteiger partial charge in [-0.3, -0.25) is 19.3 Å². The van der Waals surface area contributed by atoms with Crippen LogP contribution in [0.2, 0.25) is 0 Å². The molecule has 2 bridgehead atoms. The number of nitrogens with zero attached hydrogens (tertiary/aromatic N) is 2. The summed E-state index contributed by atoms with van der Waals surface area (Å²) in [7, 11) is 0. The van der Waals surface area contributed by atoms with Crippen molar-refractivity contribution in [3.05, 3.63) is 35.8 Å². The Bertz CT molecular complexity index is 859. The second-order valence-electron chi connectivity index (χ2n) is 7.58. The molecule has 3 amide bonds. The molecule has 0 radical (unpaired) electrons. The lowest BCUT2D eigenvalue weighted by Gasteiger charge is -2.18. The van der Waals surface area contributed by atoms with Gasteiger partial charge in [0.15, 0.2) is 11.7 Å². The Morgan fingerprint density at radius 2 is 1.90 bits per heavy atom. The molecule has 2 aliphatic carbocycles. The van der Waals surface area contributed by atoms with Gasteiger partial charge in [-0.25, -0.2) is 4.99 Å². The number of nitrogens with two attached hydrogens (primary N) is 1. The van der Waals surface area contributed by atoms with Crippen LogP contribution >= 0.6 is 0 Å². The van der Waals surface area contributed by atoms with Crippen molar-refractivity contribution < 1.29 is 18.8 Å². The van der Waals surface area contributed by atoms with Gasteiger partial charge in [0, 0.05) is 19.6 Å². The van der Waals surface area contributed by atoms with E-state index in [1.807, 2.05) is 6.92 Å². The third-order valence-corrected chi connectivity index (χ3v) is 5.83. The topological polar surface area (TPSA) is 130 Å². The Morgan fingerprint density at radius 1 is 1.21 bits per heavy atom. The number of carbonyl (C=O) groups is 3. The van der Waals surface area contributed by atoms with E-state index in [1.165, 1.54) is 11.0 Å². The number of rotatable bonds is 7. The normalized spacial score (nSPS) is 27.6. The third kappa shape index (κ3) is 3.52. The SMILES string of the molecule is CCNC(=NCc1ccc(C(N)=O)o1)NCCN1C(=O)C2C3C=CC(C3)C2C1=O. The van der Waals surface area contributed by atoms with Crippen LogP contribution in [0.25, 0.3) is 0 Å². The molecule has 0 aromatic carbocycles. The van der Waals surface area contributed by atoms with Crippen LogP contribution in [0.4, 0.5) is 0 Å². The van der Waals surface area contributed by atoms with E-state index in [-0.39, 0.29) is 47.8 Å². The van der Waals surface area contributed by atoms with Crippen LogP contribution in [0, 0.1) is 23.7 Å². The number of hydrogen-bond donors (Lipinski definition) is 3. The number of allylic oxidation sites excluding steroid dienone is 2. The monoisotopic (exact) mass is 399 g/mol. The van der Waals surface area contributed by atoms with Gasteiger partial charge >= 0.3 is 0 Å². The lowest BCUT2D eigenvalue weighted by Crippen LogP contribution is -2.43. The molecule has 1 aromatic rings. The molecule has 1 aromatic heterocycles. The third-order valence-electron chi connectivity index (χ3n) is 5.83. The Hall–Kier alpha value is -3.10. The lowest BCUT2D eigenvalue weighted by molar-refractivity contribution is -0.140. The molecule has 3 aliphatic rings. The lowest BCUT2D eigenvalue weighted by atomic mass is 9.85. The molecule has 1 aliphatic heterocycles. The summed E-state index contributed by atoms with van der Waals surface area (Å²) in [4.78, 5) is 42.3. The molecule has 9 nitrogen and oxygen atoms in total. The van der Waals surface area contributed by atoms with Crippen LogP contribution < -0.4 is 16.4 Å². The molecule has 2 heterocycles. The maximum absolute atomic E-state index is 12.7. The number of nitrogens with one attached hydrogen (secondary N) is 2. The fourth-order valence-corrected chi connectivity index (χ4v) is 4.56. The van der Waals surface area contributed by atoms with Crippen LogP contribution in [-0.2, 0) is 16.1 Å². The minimum atomic E-state index is -0.626. The quantitative estimate of drug-likeness (QED) is 0.261. The summed E-state index contributed by atoms with van der Waals surface area (Å²) in [5.74, 6) is 0.517. The fourth-order valence-electron chi connectivity index (χ4n) is 4.56. The number of amides is 3. The van der Waals surface area contributed by atoms with Crippen LogP contribution in [0.5, 0.6) is 0 Å². The van der Waals surface area contributed by atoms with Crippen molar-refractivity contribution in [3.8, 4) is 0 Å². The van der Waals surface area contributed by atoms with Gasteiger partial charge < -0.3 is 20.8 Å². The Kier molecular flexibility index (Phi) is 5.12. The number of guanidine groups is 1. The van der Waals surface area contributed by atoms with Gasteiger partial charge in [0.05, 0.1) is 11.8 Å². The van der Waals surface area contributed by atoms with E-state index >= 15 is 0 Å². The summed E-state index contributed by atoms with van der Waals surface area (Å²) >= 11 is 0. The predicted octanol–water partition coefficient (Wildman–Crippen LogP) is 0.241. The number of primary amides is 1. The number of carbonyl (C=O) groups excluding carboxylic acids is 3. The highest BCUT2D eigenvalue weighted by atomic mass is 16.3. The molecule has 4 rings (SSSR count). The van der Waals surface area contributed by atoms with Crippen LogP contribution in [0.15, 0.2) is 33.7 Å². The zero-order chi connectivity index (χ0) is 20.5. The molecule has 4 N–H and O–H groups in total. The van der Waals surface area contributed by atoms with Gasteiger partial charge in [0.2, 0.25) is 11.8 Å². The number of hydrogen-bond acceptors (Lipinski definition) is 5. The van der Waals surface area contributed by atoms with Gasteiger partial charge in [-0.1, -0.05) is 12.2 Å². The Labute approximate surface area is 168 Å². The minimum Gasteiger partial charge on any atom is -0.454 e. The highest BCUT2D eigenvalue weighted by molar-refractivity contribution is 6.06. The first-order valence-electron chi connectivity index (χ1n) is 9.93. The number of aliphatic imine (C=N–C) groups is 1. The Balaban J connectivity index is 1.32. The zero-order valence-corrected chi connectivity index (χ0v) is 16.3. The van der Waals surface area contributed by atoms with E-state index in [1.54, 1.807) is 6.07 Å². The first kappa shape index (κ1) is 19.2. The maximum atomic E-state index is 12.7. The fraction of sp³-hybridized carbons (Fsp3) is 0.500. The van der Waals surface area contributed by atoms with Crippen LogP contribution in [-0.4, -0.2) is 48.2 Å². The highest BCUT2D eigenvalue weighted by Gasteiger charge is 2.58. The highest BCUT2D eigenvalue weighted by Crippen LogP contribution is 2.52. The minimum absolute atomic E-state index is 0.0462. The average molecular weight is 399 g/mol. The van der Waals surface area contributed by atoms with Crippen molar-refractivity contribution >= 4 is 23.7 Å². The summed E-state index contributed by atoms with van der Waals surface area (Å²) in [6.07, 6.45) is 5.11.